The second-order valence-corrected chi connectivity index (χ2v) is 7.52. The van der Waals surface area contributed by atoms with E-state index in [0.717, 1.165) is 12.8 Å². The Hall–Kier alpha value is -3.73. The number of pyridine rings is 1. The molecule has 2 aromatic rings. The zero-order valence-electron chi connectivity index (χ0n) is 15.6. The Morgan fingerprint density at radius 3 is 2.52 bits per heavy atom. The Bertz CT molecular complexity index is 1110. The molecule has 0 unspecified atom stereocenters. The zero-order valence-corrected chi connectivity index (χ0v) is 15.6. The van der Waals surface area contributed by atoms with Gasteiger partial charge in [0.2, 0.25) is 11.8 Å². The molecular formula is C21H18N6O2. The number of anilines is 3. The van der Waals surface area contributed by atoms with Crippen LogP contribution in [0, 0.1) is 23.2 Å². The number of nitrogen functional groups attached to an aromatic ring is 1. The first-order valence-electron chi connectivity index (χ1n) is 9.62. The lowest BCUT2D eigenvalue weighted by Crippen LogP contribution is -2.38. The van der Waals surface area contributed by atoms with Crippen LogP contribution in [0.4, 0.5) is 23.0 Å². The van der Waals surface area contributed by atoms with E-state index in [-0.39, 0.29) is 40.9 Å². The van der Waals surface area contributed by atoms with Crippen molar-refractivity contribution in [3.63, 3.8) is 0 Å². The van der Waals surface area contributed by atoms with Crippen LogP contribution >= 0.6 is 0 Å². The molecule has 1 aromatic heterocycles. The number of carbonyl (C=O) groups is 2. The highest BCUT2D eigenvalue weighted by atomic mass is 16.2. The Kier molecular flexibility index (Phi) is 3.84. The minimum atomic E-state index is -0.300. The first-order chi connectivity index (χ1) is 14.1. The number of amidine groups is 1. The first-order valence-corrected chi connectivity index (χ1v) is 9.62. The number of hydrogen-bond acceptors (Lipinski definition) is 7. The number of nitrogens with two attached hydrogens (primary N) is 1. The topological polar surface area (TPSA) is 124 Å². The average molecular weight is 386 g/mol. The average Bonchev–Trinajstić information content (AvgIpc) is 2.89. The molecule has 1 saturated carbocycles. The summed E-state index contributed by atoms with van der Waals surface area (Å²) in [5.41, 5.74) is 7.75. The van der Waals surface area contributed by atoms with Crippen molar-refractivity contribution in [3.05, 3.63) is 41.5 Å². The van der Waals surface area contributed by atoms with E-state index in [4.69, 9.17) is 5.73 Å². The molecule has 2 aliphatic heterocycles. The van der Waals surface area contributed by atoms with Gasteiger partial charge in [0.1, 0.15) is 17.7 Å². The van der Waals surface area contributed by atoms with Gasteiger partial charge in [0.05, 0.1) is 34.3 Å². The smallest absolute Gasteiger partial charge is 0.238 e. The normalized spacial score (nSPS) is 22.6. The Balaban J connectivity index is 1.73. The molecule has 1 saturated heterocycles. The fourth-order valence-electron chi connectivity index (χ4n) is 4.40. The van der Waals surface area contributed by atoms with Gasteiger partial charge in [-0.15, -0.1) is 0 Å². The molecule has 29 heavy (non-hydrogen) atoms. The minimum absolute atomic E-state index is 0.0743. The van der Waals surface area contributed by atoms with Crippen molar-refractivity contribution in [2.75, 3.05) is 11.1 Å². The number of hydrogen-bond donors (Lipinski definition) is 2. The summed E-state index contributed by atoms with van der Waals surface area (Å²) in [6, 6.07) is 10.8. The molecule has 8 heteroatoms. The number of benzene rings is 1. The number of nitrogens with zero attached hydrogens (tertiary/aromatic N) is 4. The van der Waals surface area contributed by atoms with E-state index >= 15 is 0 Å². The second kappa shape index (κ2) is 6.41. The predicted molar refractivity (Wildman–Crippen MR) is 107 cm³/mol. The van der Waals surface area contributed by atoms with Crippen LogP contribution in [0.2, 0.25) is 0 Å². The van der Waals surface area contributed by atoms with Crippen molar-refractivity contribution in [3.8, 4) is 6.07 Å². The summed E-state index contributed by atoms with van der Waals surface area (Å²) < 4.78 is 0. The van der Waals surface area contributed by atoms with Gasteiger partial charge in [-0.1, -0.05) is 25.0 Å². The summed E-state index contributed by atoms with van der Waals surface area (Å²) in [5.74, 6) is -0.410. The van der Waals surface area contributed by atoms with Crippen LogP contribution in [0.15, 0.2) is 35.3 Å². The molecule has 1 aromatic carbocycles. The third-order valence-corrected chi connectivity index (χ3v) is 5.85. The maximum atomic E-state index is 13.2. The largest absolute Gasteiger partial charge is 0.383 e. The monoisotopic (exact) mass is 386 g/mol. The van der Waals surface area contributed by atoms with Crippen LogP contribution in [-0.2, 0) is 9.59 Å². The molecule has 3 aliphatic rings. The number of amides is 2. The molecule has 8 nitrogen and oxygen atoms in total. The summed E-state index contributed by atoms with van der Waals surface area (Å²) in [6.07, 6.45) is 3.31. The molecule has 3 heterocycles. The molecule has 2 amide bonds. The van der Waals surface area contributed by atoms with Crippen molar-refractivity contribution in [1.82, 2.24) is 9.88 Å². The minimum Gasteiger partial charge on any atom is -0.383 e. The first kappa shape index (κ1) is 17.4. The van der Waals surface area contributed by atoms with Crippen molar-refractivity contribution < 1.29 is 9.59 Å². The highest BCUT2D eigenvalue weighted by Gasteiger charge is 2.50. The van der Waals surface area contributed by atoms with E-state index < -0.39 is 0 Å². The Morgan fingerprint density at radius 2 is 1.83 bits per heavy atom. The molecule has 144 valence electrons. The van der Waals surface area contributed by atoms with Crippen molar-refractivity contribution >= 4 is 40.7 Å². The van der Waals surface area contributed by atoms with Crippen LogP contribution in [-0.4, -0.2) is 27.5 Å². The number of aromatic nitrogens is 1. The molecule has 2 atom stereocenters. The SMILES string of the molecule is N#Cc1cc2c(nc1N)Nc1ccccc1N=C2N1C(=O)[C@H]2CCCC[C@H]2C1=O. The lowest BCUT2D eigenvalue weighted by Gasteiger charge is -2.19. The Morgan fingerprint density at radius 1 is 1.14 bits per heavy atom. The van der Waals surface area contributed by atoms with E-state index in [1.807, 2.05) is 24.3 Å². The van der Waals surface area contributed by atoms with Crippen LogP contribution in [0.3, 0.4) is 0 Å². The number of para-hydroxylation sites is 2. The molecular weight excluding hydrogens is 368 g/mol. The van der Waals surface area contributed by atoms with Gasteiger partial charge in [-0.3, -0.25) is 9.59 Å². The maximum Gasteiger partial charge on any atom is 0.238 e. The highest BCUT2D eigenvalue weighted by Crippen LogP contribution is 2.41. The third-order valence-electron chi connectivity index (χ3n) is 5.85. The van der Waals surface area contributed by atoms with Gasteiger partial charge < -0.3 is 11.1 Å². The number of imide groups is 1. The number of aliphatic imine (C=N–C) groups is 1. The molecule has 3 N–H and O–H groups in total. The van der Waals surface area contributed by atoms with Crippen LogP contribution in [0.1, 0.15) is 36.8 Å². The number of nitriles is 1. The fraction of sp³-hybridized carbons (Fsp3) is 0.286. The molecule has 0 spiro atoms. The summed E-state index contributed by atoms with van der Waals surface area (Å²) in [7, 11) is 0. The van der Waals surface area contributed by atoms with E-state index in [0.29, 0.717) is 35.6 Å². The van der Waals surface area contributed by atoms with E-state index in [1.165, 1.54) is 11.0 Å². The van der Waals surface area contributed by atoms with E-state index in [9.17, 15) is 14.9 Å². The van der Waals surface area contributed by atoms with Crippen LogP contribution in [0.5, 0.6) is 0 Å². The van der Waals surface area contributed by atoms with Crippen molar-refractivity contribution in [2.45, 2.75) is 25.7 Å². The van der Waals surface area contributed by atoms with Crippen LogP contribution < -0.4 is 11.1 Å². The fourth-order valence-corrected chi connectivity index (χ4v) is 4.40. The lowest BCUT2D eigenvalue weighted by atomic mass is 9.81. The van der Waals surface area contributed by atoms with Gasteiger partial charge in [-0.25, -0.2) is 14.9 Å². The van der Waals surface area contributed by atoms with Gasteiger partial charge in [-0.05, 0) is 31.0 Å². The highest BCUT2D eigenvalue weighted by molar-refractivity contribution is 6.25. The number of nitrogens with one attached hydrogen (secondary N) is 1. The summed E-state index contributed by atoms with van der Waals surface area (Å²) in [5, 5.41) is 12.6. The van der Waals surface area contributed by atoms with Gasteiger partial charge in [-0.2, -0.15) is 5.26 Å². The standard InChI is InChI=1S/C21H18N6O2/c22-10-11-9-14-18(26-17(11)23)24-15-7-3-4-8-16(15)25-19(14)27-20(28)12-5-1-2-6-13(12)21(27)29/h3-4,7-9,12-13H,1-2,5-6H2,(H3,23,24,26)/t12-,13+. The summed E-state index contributed by atoms with van der Waals surface area (Å²) in [4.78, 5) is 36.6. The van der Waals surface area contributed by atoms with E-state index in [2.05, 4.69) is 15.3 Å². The maximum absolute atomic E-state index is 13.2. The molecule has 2 fully saturated rings. The summed E-state index contributed by atoms with van der Waals surface area (Å²) in [6.45, 7) is 0. The quantitative estimate of drug-likeness (QED) is 0.671. The van der Waals surface area contributed by atoms with Crippen molar-refractivity contribution in [1.29, 1.82) is 5.26 Å². The van der Waals surface area contributed by atoms with Crippen LogP contribution in [0.25, 0.3) is 0 Å². The lowest BCUT2D eigenvalue weighted by molar-refractivity contribution is -0.134. The molecule has 0 radical (unpaired) electrons. The molecule has 0 bridgehead atoms. The number of carbonyl (C=O) groups excluding carboxylic acids is 2. The predicted octanol–water partition coefficient (Wildman–Crippen LogP) is 2.85. The summed E-state index contributed by atoms with van der Waals surface area (Å²) >= 11 is 0. The van der Waals surface area contributed by atoms with Gasteiger partial charge in [0, 0.05) is 0 Å². The second-order valence-electron chi connectivity index (χ2n) is 7.52. The van der Waals surface area contributed by atoms with Gasteiger partial charge in [0.15, 0.2) is 5.84 Å². The van der Waals surface area contributed by atoms with Gasteiger partial charge >= 0.3 is 0 Å². The Labute approximate surface area is 167 Å². The van der Waals surface area contributed by atoms with Gasteiger partial charge in [0.25, 0.3) is 0 Å². The molecule has 1 aliphatic carbocycles. The number of fused-ring (bicyclic) bond motifs is 3. The number of rotatable bonds is 0. The molecule has 5 rings (SSSR count). The van der Waals surface area contributed by atoms with E-state index in [1.54, 1.807) is 6.07 Å². The number of likely N-dealkylation sites (tertiary alicyclic amines) is 1. The third kappa shape index (κ3) is 2.58. The van der Waals surface area contributed by atoms with Crippen molar-refractivity contribution in [2.24, 2.45) is 16.8 Å². The zero-order chi connectivity index (χ0) is 20.1.